The molecule has 0 saturated heterocycles. The van der Waals surface area contributed by atoms with E-state index >= 15 is 0 Å². The van der Waals surface area contributed by atoms with Gasteiger partial charge in [0, 0.05) is 18.2 Å². The van der Waals surface area contributed by atoms with Gasteiger partial charge in [-0.2, -0.15) is 13.2 Å². The molecule has 0 spiro atoms. The minimum atomic E-state index is -4.62. The van der Waals surface area contributed by atoms with Crippen molar-refractivity contribution in [3.05, 3.63) is 53.3 Å². The van der Waals surface area contributed by atoms with Crippen molar-refractivity contribution in [3.63, 3.8) is 0 Å². The highest BCUT2D eigenvalue weighted by molar-refractivity contribution is 5.93. The lowest BCUT2D eigenvalue weighted by molar-refractivity contribution is -0.141. The van der Waals surface area contributed by atoms with Crippen molar-refractivity contribution in [1.29, 1.82) is 0 Å². The van der Waals surface area contributed by atoms with Crippen LogP contribution in [-0.4, -0.2) is 24.0 Å². The maximum absolute atomic E-state index is 12.6. The van der Waals surface area contributed by atoms with E-state index in [4.69, 9.17) is 10.5 Å². The van der Waals surface area contributed by atoms with E-state index in [9.17, 15) is 22.8 Å². The van der Waals surface area contributed by atoms with Gasteiger partial charge in [0.25, 0.3) is 0 Å². The summed E-state index contributed by atoms with van der Waals surface area (Å²) in [6, 6.07) is 6.28. The van der Waals surface area contributed by atoms with E-state index in [1.54, 1.807) is 12.1 Å². The van der Waals surface area contributed by atoms with Crippen molar-refractivity contribution < 1.29 is 27.5 Å². The minimum Gasteiger partial charge on any atom is -0.494 e. The molecule has 0 aliphatic carbocycles. The van der Waals surface area contributed by atoms with Crippen LogP contribution in [0.2, 0.25) is 0 Å². The predicted molar refractivity (Wildman–Crippen MR) is 86.6 cm³/mol. The average Bonchev–Trinajstić information content (AvgIpc) is 2.59. The van der Waals surface area contributed by atoms with Crippen molar-refractivity contribution >= 4 is 17.6 Å². The van der Waals surface area contributed by atoms with Crippen molar-refractivity contribution in [2.75, 3.05) is 12.4 Å². The summed E-state index contributed by atoms with van der Waals surface area (Å²) in [5.74, 6) is -0.738. The van der Waals surface area contributed by atoms with Gasteiger partial charge in [0.15, 0.2) is 0 Å². The third kappa shape index (κ3) is 4.85. The lowest BCUT2D eigenvalue weighted by atomic mass is 10.1. The first-order valence-electron chi connectivity index (χ1n) is 7.25. The van der Waals surface area contributed by atoms with Gasteiger partial charge in [0.05, 0.1) is 13.3 Å². The Morgan fingerprint density at radius 3 is 2.42 bits per heavy atom. The molecule has 26 heavy (non-hydrogen) atoms. The largest absolute Gasteiger partial charge is 0.494 e. The zero-order valence-corrected chi connectivity index (χ0v) is 13.6. The number of halogens is 3. The molecule has 0 saturated carbocycles. The Balaban J connectivity index is 2.00. The minimum absolute atomic E-state index is 0.0120. The summed E-state index contributed by atoms with van der Waals surface area (Å²) in [6.45, 7) is 0.126. The maximum Gasteiger partial charge on any atom is 0.433 e. The van der Waals surface area contributed by atoms with Crippen LogP contribution >= 0.6 is 0 Å². The summed E-state index contributed by atoms with van der Waals surface area (Å²) in [6.07, 6.45) is -3.76. The number of pyridine rings is 1. The number of nitrogens with two attached hydrogens (primary N) is 1. The number of rotatable bonds is 5. The molecule has 3 amide bonds. The molecule has 0 unspecified atom stereocenters. The van der Waals surface area contributed by atoms with E-state index in [0.717, 1.165) is 6.20 Å². The molecule has 1 aromatic carbocycles. The van der Waals surface area contributed by atoms with Crippen LogP contribution in [-0.2, 0) is 12.7 Å². The number of alkyl halides is 3. The molecule has 1 heterocycles. The third-order valence-electron chi connectivity index (χ3n) is 3.32. The summed E-state index contributed by atoms with van der Waals surface area (Å²) in [5.41, 5.74) is 5.02. The Morgan fingerprint density at radius 1 is 1.23 bits per heavy atom. The molecule has 10 heteroatoms. The van der Waals surface area contributed by atoms with Crippen LogP contribution in [0.1, 0.15) is 21.6 Å². The molecule has 0 aliphatic rings. The molecule has 0 bridgehead atoms. The number of primary amides is 1. The Bertz CT molecular complexity index is 807. The SMILES string of the molecule is COc1cc(C(F)(F)F)ncc1NC(=O)NCc1ccc(C(N)=O)cc1. The molecular formula is C16H15F3N4O3. The number of hydrogen-bond acceptors (Lipinski definition) is 4. The Hall–Kier alpha value is -3.30. The van der Waals surface area contributed by atoms with Crippen LogP contribution in [0.3, 0.4) is 0 Å². The van der Waals surface area contributed by atoms with Gasteiger partial charge < -0.3 is 21.1 Å². The first-order chi connectivity index (χ1) is 12.2. The number of nitrogens with one attached hydrogen (secondary N) is 2. The van der Waals surface area contributed by atoms with E-state index in [2.05, 4.69) is 15.6 Å². The number of hydrogen-bond donors (Lipinski definition) is 3. The van der Waals surface area contributed by atoms with Gasteiger partial charge in [0.1, 0.15) is 17.1 Å². The Labute approximate surface area is 146 Å². The smallest absolute Gasteiger partial charge is 0.433 e. The van der Waals surface area contributed by atoms with Gasteiger partial charge in [0.2, 0.25) is 5.91 Å². The second-order valence-corrected chi connectivity index (χ2v) is 5.14. The second-order valence-electron chi connectivity index (χ2n) is 5.14. The highest BCUT2D eigenvalue weighted by Crippen LogP contribution is 2.33. The lowest BCUT2D eigenvalue weighted by Gasteiger charge is -2.13. The van der Waals surface area contributed by atoms with Crippen LogP contribution < -0.4 is 21.1 Å². The van der Waals surface area contributed by atoms with Crippen LogP contribution in [0, 0.1) is 0 Å². The van der Waals surface area contributed by atoms with Crippen LogP contribution in [0.4, 0.5) is 23.7 Å². The second kappa shape index (κ2) is 7.72. The predicted octanol–water partition coefficient (Wildman–Crippen LogP) is 2.53. The van der Waals surface area contributed by atoms with Gasteiger partial charge in [-0.05, 0) is 17.7 Å². The first kappa shape index (κ1) is 19.0. The number of nitrogens with zero attached hydrogens (tertiary/aromatic N) is 1. The average molecular weight is 368 g/mol. The zero-order valence-electron chi connectivity index (χ0n) is 13.6. The molecule has 7 nitrogen and oxygen atoms in total. The number of amides is 3. The number of urea groups is 1. The molecule has 1 aromatic heterocycles. The lowest BCUT2D eigenvalue weighted by Crippen LogP contribution is -2.28. The number of carbonyl (C=O) groups excluding carboxylic acids is 2. The van der Waals surface area contributed by atoms with Crippen molar-refractivity contribution in [2.24, 2.45) is 5.73 Å². The number of anilines is 1. The standard InChI is InChI=1S/C16H15F3N4O3/c1-26-12-6-13(16(17,18)19)21-8-11(12)23-15(25)22-7-9-2-4-10(5-3-9)14(20)24/h2-6,8H,7H2,1H3,(H2,20,24)(H2,22,23,25). The highest BCUT2D eigenvalue weighted by Gasteiger charge is 2.33. The van der Waals surface area contributed by atoms with Gasteiger partial charge in [-0.15, -0.1) is 0 Å². The molecular weight excluding hydrogens is 353 g/mol. The van der Waals surface area contributed by atoms with E-state index in [1.165, 1.54) is 19.2 Å². The van der Waals surface area contributed by atoms with E-state index < -0.39 is 23.8 Å². The topological polar surface area (TPSA) is 106 Å². The number of carbonyl (C=O) groups is 2. The van der Waals surface area contributed by atoms with Crippen molar-refractivity contribution in [1.82, 2.24) is 10.3 Å². The number of ether oxygens (including phenoxy) is 1. The molecule has 2 aromatic rings. The van der Waals surface area contributed by atoms with Gasteiger partial charge >= 0.3 is 12.2 Å². The summed E-state index contributed by atoms with van der Waals surface area (Å²) in [7, 11) is 1.18. The molecule has 138 valence electrons. The number of benzene rings is 1. The van der Waals surface area contributed by atoms with Crippen molar-refractivity contribution in [2.45, 2.75) is 12.7 Å². The van der Waals surface area contributed by atoms with Crippen molar-refractivity contribution in [3.8, 4) is 5.75 Å². The van der Waals surface area contributed by atoms with E-state index in [1.807, 2.05) is 0 Å². The van der Waals surface area contributed by atoms with Crippen LogP contribution in [0.5, 0.6) is 5.75 Å². The van der Waals surface area contributed by atoms with E-state index in [0.29, 0.717) is 17.2 Å². The summed E-state index contributed by atoms with van der Waals surface area (Å²) >= 11 is 0. The molecule has 0 radical (unpaired) electrons. The van der Waals surface area contributed by atoms with E-state index in [-0.39, 0.29) is 18.0 Å². The highest BCUT2D eigenvalue weighted by atomic mass is 19.4. The van der Waals surface area contributed by atoms with Crippen LogP contribution in [0.15, 0.2) is 36.5 Å². The fourth-order valence-corrected chi connectivity index (χ4v) is 1.99. The van der Waals surface area contributed by atoms with Gasteiger partial charge in [-0.25, -0.2) is 9.78 Å². The van der Waals surface area contributed by atoms with Gasteiger partial charge in [-0.1, -0.05) is 12.1 Å². The molecule has 0 fully saturated rings. The quantitative estimate of drug-likeness (QED) is 0.754. The fraction of sp³-hybridized carbons (Fsp3) is 0.188. The monoisotopic (exact) mass is 368 g/mol. The molecule has 0 atom stereocenters. The number of aromatic nitrogens is 1. The number of methoxy groups -OCH3 is 1. The molecule has 2 rings (SSSR count). The molecule has 0 aliphatic heterocycles. The zero-order chi connectivity index (χ0) is 19.3. The van der Waals surface area contributed by atoms with Crippen LogP contribution in [0.25, 0.3) is 0 Å². The Kier molecular flexibility index (Phi) is 5.65. The van der Waals surface area contributed by atoms with Gasteiger partial charge in [-0.3, -0.25) is 4.79 Å². The summed E-state index contributed by atoms with van der Waals surface area (Å²) < 4.78 is 42.8. The molecule has 4 N–H and O–H groups in total. The Morgan fingerprint density at radius 2 is 1.88 bits per heavy atom. The fourth-order valence-electron chi connectivity index (χ4n) is 1.99. The maximum atomic E-state index is 12.6. The summed E-state index contributed by atoms with van der Waals surface area (Å²) in [4.78, 5) is 26.2. The normalized spacial score (nSPS) is 10.9. The third-order valence-corrected chi connectivity index (χ3v) is 3.32. The summed E-state index contributed by atoms with van der Waals surface area (Å²) in [5, 5.41) is 4.88. The first-order valence-corrected chi connectivity index (χ1v) is 7.25.